The third kappa shape index (κ3) is 6.23. The van der Waals surface area contributed by atoms with Crippen LogP contribution in [0, 0.1) is 0 Å². The third-order valence-corrected chi connectivity index (χ3v) is 6.32. The van der Waals surface area contributed by atoms with Crippen molar-refractivity contribution in [1.82, 2.24) is 9.80 Å². The second kappa shape index (κ2) is 8.95. The number of piperazine rings is 1. The number of carbonyl (C=O) groups is 1. The van der Waals surface area contributed by atoms with Crippen LogP contribution in [0.15, 0.2) is 29.2 Å². The predicted molar refractivity (Wildman–Crippen MR) is 105 cm³/mol. The molecular weight excluding hydrogens is 380 g/mol. The molecule has 0 spiro atoms. The number of rotatable bonds is 5. The second-order valence-corrected chi connectivity index (χ2v) is 8.76. The highest BCUT2D eigenvalue weighted by Crippen LogP contribution is 2.15. The van der Waals surface area contributed by atoms with Crippen LogP contribution in [0.1, 0.15) is 6.92 Å². The zero-order chi connectivity index (χ0) is 18.4. The Kier molecular flexibility index (Phi) is 7.20. The Bertz CT molecular complexity index is 714. The van der Waals surface area contributed by atoms with Crippen LogP contribution in [0.3, 0.4) is 0 Å². The zero-order valence-corrected chi connectivity index (χ0v) is 16.4. The van der Waals surface area contributed by atoms with Gasteiger partial charge in [0.1, 0.15) is 4.32 Å². The van der Waals surface area contributed by atoms with Crippen molar-refractivity contribution in [1.29, 1.82) is 0 Å². The Hall–Kier alpha value is -1.20. The van der Waals surface area contributed by atoms with Crippen LogP contribution in [0.5, 0.6) is 0 Å². The first-order valence-electron chi connectivity index (χ1n) is 7.86. The number of nitrogens with two attached hydrogens (primary N) is 1. The first-order valence-corrected chi connectivity index (χ1v) is 10.8. The van der Waals surface area contributed by atoms with Crippen molar-refractivity contribution < 1.29 is 13.2 Å². The number of carbonyl (C=O) groups excluding carboxylic acids is 1. The normalized spacial score (nSPS) is 15.8. The quantitative estimate of drug-likeness (QED) is 0.707. The average molecular weight is 403 g/mol. The van der Waals surface area contributed by atoms with Gasteiger partial charge < -0.3 is 15.1 Å². The fraction of sp³-hybridized carbons (Fsp3) is 0.467. The standard InChI is InChI=1S/C15H22N4O3S3/c1-2-18-7-9-19(10-8-18)15(23)24-11-14(20)17-12-3-5-13(6-4-12)25(16,21)22/h3-6H,2,7-11H2,1H3,(H,17,20)(H2,16,21,22). The lowest BCUT2D eigenvalue weighted by Gasteiger charge is -2.35. The molecule has 0 unspecified atom stereocenters. The zero-order valence-electron chi connectivity index (χ0n) is 14.0. The summed E-state index contributed by atoms with van der Waals surface area (Å²) in [4.78, 5) is 16.5. The number of sulfonamides is 1. The minimum atomic E-state index is -3.73. The molecule has 0 aliphatic carbocycles. The molecule has 1 aliphatic rings. The Morgan fingerprint density at radius 3 is 2.36 bits per heavy atom. The van der Waals surface area contributed by atoms with E-state index >= 15 is 0 Å². The maximum Gasteiger partial charge on any atom is 0.238 e. The molecule has 0 aromatic heterocycles. The lowest BCUT2D eigenvalue weighted by Crippen LogP contribution is -2.47. The SMILES string of the molecule is CCN1CCN(C(=S)SCC(=O)Nc2ccc(S(N)(=O)=O)cc2)CC1. The van der Waals surface area contributed by atoms with Crippen molar-refractivity contribution in [2.45, 2.75) is 11.8 Å². The Morgan fingerprint density at radius 2 is 1.84 bits per heavy atom. The molecule has 138 valence electrons. The van der Waals surface area contributed by atoms with Crippen molar-refractivity contribution in [3.63, 3.8) is 0 Å². The van der Waals surface area contributed by atoms with E-state index in [0.29, 0.717) is 5.69 Å². The molecule has 1 saturated heterocycles. The summed E-state index contributed by atoms with van der Waals surface area (Å²) in [5.41, 5.74) is 0.514. The number of hydrogen-bond acceptors (Lipinski definition) is 6. The molecular formula is C15H22N4O3S3. The number of thioether (sulfide) groups is 1. The van der Waals surface area contributed by atoms with E-state index in [1.54, 1.807) is 0 Å². The number of anilines is 1. The maximum atomic E-state index is 12.0. The molecule has 1 amide bonds. The van der Waals surface area contributed by atoms with Crippen LogP contribution in [-0.4, -0.2) is 66.9 Å². The van der Waals surface area contributed by atoms with E-state index in [-0.39, 0.29) is 16.6 Å². The number of nitrogens with one attached hydrogen (secondary N) is 1. The molecule has 1 aromatic rings. The molecule has 7 nitrogen and oxygen atoms in total. The minimum Gasteiger partial charge on any atom is -0.355 e. The van der Waals surface area contributed by atoms with Crippen LogP contribution in [-0.2, 0) is 14.8 Å². The monoisotopic (exact) mass is 402 g/mol. The molecule has 1 aliphatic heterocycles. The van der Waals surface area contributed by atoms with Gasteiger partial charge in [0.15, 0.2) is 0 Å². The lowest BCUT2D eigenvalue weighted by atomic mass is 10.3. The summed E-state index contributed by atoms with van der Waals surface area (Å²) in [7, 11) is -3.73. The van der Waals surface area contributed by atoms with Gasteiger partial charge >= 0.3 is 0 Å². The summed E-state index contributed by atoms with van der Waals surface area (Å²) < 4.78 is 23.1. The lowest BCUT2D eigenvalue weighted by molar-refractivity contribution is -0.113. The number of benzene rings is 1. The summed E-state index contributed by atoms with van der Waals surface area (Å²) in [6, 6.07) is 5.72. The first kappa shape index (κ1) is 20.1. The van der Waals surface area contributed by atoms with E-state index in [9.17, 15) is 13.2 Å². The Balaban J connectivity index is 1.78. The molecule has 25 heavy (non-hydrogen) atoms. The van der Waals surface area contributed by atoms with Crippen molar-refractivity contribution in [3.05, 3.63) is 24.3 Å². The van der Waals surface area contributed by atoms with Gasteiger partial charge in [-0.3, -0.25) is 4.79 Å². The second-order valence-electron chi connectivity index (χ2n) is 5.59. The molecule has 0 radical (unpaired) electrons. The van der Waals surface area contributed by atoms with Gasteiger partial charge in [0.25, 0.3) is 0 Å². The number of primary sulfonamides is 1. The van der Waals surface area contributed by atoms with Gasteiger partial charge in [-0.1, -0.05) is 30.9 Å². The van der Waals surface area contributed by atoms with E-state index in [0.717, 1.165) is 37.0 Å². The van der Waals surface area contributed by atoms with E-state index in [1.807, 2.05) is 0 Å². The van der Waals surface area contributed by atoms with E-state index in [1.165, 1.54) is 36.0 Å². The molecule has 1 fully saturated rings. The van der Waals surface area contributed by atoms with Gasteiger partial charge in [-0.25, -0.2) is 13.6 Å². The first-order chi connectivity index (χ1) is 11.8. The summed E-state index contributed by atoms with van der Waals surface area (Å²) in [6.07, 6.45) is 0. The van der Waals surface area contributed by atoms with Crippen LogP contribution < -0.4 is 10.5 Å². The van der Waals surface area contributed by atoms with Crippen LogP contribution >= 0.6 is 24.0 Å². The topological polar surface area (TPSA) is 95.7 Å². The maximum absolute atomic E-state index is 12.0. The molecule has 0 atom stereocenters. The minimum absolute atomic E-state index is 0.00673. The highest BCUT2D eigenvalue weighted by atomic mass is 32.2. The van der Waals surface area contributed by atoms with Crippen molar-refractivity contribution in [3.8, 4) is 0 Å². The van der Waals surface area contributed by atoms with Gasteiger partial charge in [0, 0.05) is 31.9 Å². The van der Waals surface area contributed by atoms with E-state index in [4.69, 9.17) is 17.4 Å². The molecule has 0 saturated carbocycles. The van der Waals surface area contributed by atoms with Gasteiger partial charge in [0.2, 0.25) is 15.9 Å². The molecule has 1 aromatic carbocycles. The molecule has 2 rings (SSSR count). The van der Waals surface area contributed by atoms with E-state index in [2.05, 4.69) is 22.0 Å². The van der Waals surface area contributed by atoms with Gasteiger partial charge in [0.05, 0.1) is 10.6 Å². The highest BCUT2D eigenvalue weighted by Gasteiger charge is 2.18. The van der Waals surface area contributed by atoms with Crippen molar-refractivity contribution in [2.24, 2.45) is 5.14 Å². The Morgan fingerprint density at radius 1 is 1.24 bits per heavy atom. The number of thiocarbonyl (C=S) groups is 1. The van der Waals surface area contributed by atoms with Crippen LogP contribution in [0.2, 0.25) is 0 Å². The largest absolute Gasteiger partial charge is 0.355 e. The molecule has 10 heteroatoms. The molecule has 3 N–H and O–H groups in total. The fourth-order valence-corrected chi connectivity index (χ4v) is 3.96. The fourth-order valence-electron chi connectivity index (χ4n) is 2.39. The number of nitrogens with zero attached hydrogens (tertiary/aromatic N) is 2. The predicted octanol–water partition coefficient (Wildman–Crippen LogP) is 0.928. The molecule has 0 bridgehead atoms. The van der Waals surface area contributed by atoms with Crippen LogP contribution in [0.25, 0.3) is 0 Å². The van der Waals surface area contributed by atoms with Crippen molar-refractivity contribution in [2.75, 3.05) is 43.8 Å². The smallest absolute Gasteiger partial charge is 0.238 e. The number of amides is 1. The van der Waals surface area contributed by atoms with Gasteiger partial charge in [-0.2, -0.15) is 0 Å². The summed E-state index contributed by atoms with van der Waals surface area (Å²) in [5.74, 6) is 0.0203. The van der Waals surface area contributed by atoms with Crippen molar-refractivity contribution >= 4 is 49.9 Å². The summed E-state index contributed by atoms with van der Waals surface area (Å²) in [6.45, 7) is 6.93. The summed E-state index contributed by atoms with van der Waals surface area (Å²) >= 11 is 6.74. The van der Waals surface area contributed by atoms with Crippen LogP contribution in [0.4, 0.5) is 5.69 Å². The summed E-state index contributed by atoms with van der Waals surface area (Å²) in [5, 5.41) is 7.75. The Labute approximate surface area is 158 Å². The van der Waals surface area contributed by atoms with Gasteiger partial charge in [-0.15, -0.1) is 0 Å². The highest BCUT2D eigenvalue weighted by molar-refractivity contribution is 8.23. The van der Waals surface area contributed by atoms with Gasteiger partial charge in [-0.05, 0) is 30.8 Å². The number of hydrogen-bond donors (Lipinski definition) is 2. The number of likely N-dealkylation sites (N-methyl/N-ethyl adjacent to an activating group) is 1. The van der Waals surface area contributed by atoms with E-state index < -0.39 is 10.0 Å². The molecule has 1 heterocycles. The average Bonchev–Trinajstić information content (AvgIpc) is 2.59. The third-order valence-electron chi connectivity index (χ3n) is 3.87.